The van der Waals surface area contributed by atoms with E-state index in [4.69, 9.17) is 14.5 Å². The van der Waals surface area contributed by atoms with E-state index < -0.39 is 0 Å². The van der Waals surface area contributed by atoms with Gasteiger partial charge >= 0.3 is 0 Å². The first-order valence-electron chi connectivity index (χ1n) is 12.3. The Morgan fingerprint density at radius 1 is 1.12 bits per heavy atom. The van der Waals surface area contributed by atoms with Crippen LogP contribution in [0.2, 0.25) is 0 Å². The van der Waals surface area contributed by atoms with E-state index in [2.05, 4.69) is 41.7 Å². The number of ether oxygens (including phenoxy) is 2. The van der Waals surface area contributed by atoms with Crippen LogP contribution >= 0.6 is 11.3 Å². The third-order valence-corrected chi connectivity index (χ3v) is 8.39. The molecule has 0 saturated carbocycles. The molecule has 0 spiro atoms. The van der Waals surface area contributed by atoms with Gasteiger partial charge in [-0.1, -0.05) is 36.4 Å². The van der Waals surface area contributed by atoms with Gasteiger partial charge in [0.15, 0.2) is 0 Å². The number of hydrogen-bond donors (Lipinski definition) is 1. The van der Waals surface area contributed by atoms with Crippen LogP contribution in [-0.2, 0) is 14.9 Å². The predicted octanol–water partition coefficient (Wildman–Crippen LogP) is 5.61. The molecule has 3 aromatic rings. The fourth-order valence-corrected chi connectivity index (χ4v) is 6.36. The summed E-state index contributed by atoms with van der Waals surface area (Å²) in [5, 5.41) is 4.42. The molecule has 5 rings (SSSR count). The Balaban J connectivity index is 1.33. The van der Waals surface area contributed by atoms with Gasteiger partial charge in [-0.3, -0.25) is 4.79 Å². The molecule has 2 atom stereocenters. The van der Waals surface area contributed by atoms with Crippen molar-refractivity contribution in [2.75, 3.05) is 26.4 Å². The Kier molecular flexibility index (Phi) is 6.97. The van der Waals surface area contributed by atoms with Crippen molar-refractivity contribution in [1.29, 1.82) is 0 Å². The number of benzene rings is 2. The first kappa shape index (κ1) is 23.1. The maximum atomic E-state index is 13.5. The SMILES string of the molecule is CCOc1ccc(C2(CNC(=O)C3CC=CCC3c3nc4ccccc4s3)CCOCC2)cc1. The highest BCUT2D eigenvalue weighted by atomic mass is 32.1. The molecule has 2 heterocycles. The number of nitrogens with zero attached hydrogens (tertiary/aromatic N) is 1. The van der Waals surface area contributed by atoms with Crippen LogP contribution < -0.4 is 10.1 Å². The summed E-state index contributed by atoms with van der Waals surface area (Å²) in [6.45, 7) is 4.69. The Morgan fingerprint density at radius 2 is 1.88 bits per heavy atom. The van der Waals surface area contributed by atoms with Gasteiger partial charge in [-0.05, 0) is 62.4 Å². The van der Waals surface area contributed by atoms with E-state index >= 15 is 0 Å². The summed E-state index contributed by atoms with van der Waals surface area (Å²) < 4.78 is 12.5. The van der Waals surface area contributed by atoms with Crippen molar-refractivity contribution in [1.82, 2.24) is 10.3 Å². The average Bonchev–Trinajstić information content (AvgIpc) is 3.33. The van der Waals surface area contributed by atoms with Gasteiger partial charge in [0.05, 0.1) is 27.7 Å². The standard InChI is InChI=1S/C28H32N2O3S/c1-2-33-21-13-11-20(12-14-21)28(15-17-32-18-16-28)19-29-26(31)22-7-3-4-8-23(22)27-30-24-9-5-6-10-25(24)34-27/h3-6,9-14,22-23H,2,7-8,15-19H2,1H3,(H,29,31). The highest BCUT2D eigenvalue weighted by Crippen LogP contribution is 2.39. The molecule has 1 N–H and O–H groups in total. The second-order valence-electron chi connectivity index (χ2n) is 9.24. The lowest BCUT2D eigenvalue weighted by molar-refractivity contribution is -0.126. The van der Waals surface area contributed by atoms with Crippen molar-refractivity contribution in [3.05, 3.63) is 71.3 Å². The fourth-order valence-electron chi connectivity index (χ4n) is 5.21. The lowest BCUT2D eigenvalue weighted by Crippen LogP contribution is -2.46. The first-order valence-corrected chi connectivity index (χ1v) is 13.1. The van der Waals surface area contributed by atoms with Gasteiger partial charge in [0.2, 0.25) is 5.91 Å². The van der Waals surface area contributed by atoms with E-state index in [-0.39, 0.29) is 23.2 Å². The molecule has 0 radical (unpaired) electrons. The topological polar surface area (TPSA) is 60.5 Å². The van der Waals surface area contributed by atoms with Crippen LogP contribution in [0, 0.1) is 5.92 Å². The molecular weight excluding hydrogens is 444 g/mol. The summed E-state index contributed by atoms with van der Waals surface area (Å²) in [6.07, 6.45) is 7.74. The van der Waals surface area contributed by atoms with E-state index in [1.807, 2.05) is 31.2 Å². The minimum atomic E-state index is -0.117. The highest BCUT2D eigenvalue weighted by Gasteiger charge is 2.37. The van der Waals surface area contributed by atoms with Gasteiger partial charge in [-0.25, -0.2) is 4.98 Å². The summed E-state index contributed by atoms with van der Waals surface area (Å²) in [5.74, 6) is 1.04. The lowest BCUT2D eigenvalue weighted by atomic mass is 9.73. The molecule has 2 aromatic carbocycles. The van der Waals surface area contributed by atoms with E-state index in [9.17, 15) is 4.79 Å². The van der Waals surface area contributed by atoms with Crippen LogP contribution in [-0.4, -0.2) is 37.3 Å². The van der Waals surface area contributed by atoms with Crippen molar-refractivity contribution < 1.29 is 14.3 Å². The maximum absolute atomic E-state index is 13.5. The van der Waals surface area contributed by atoms with Gasteiger partial charge in [0.1, 0.15) is 5.75 Å². The number of para-hydroxylation sites is 1. The third-order valence-electron chi connectivity index (χ3n) is 7.23. The molecular formula is C28H32N2O3S. The predicted molar refractivity (Wildman–Crippen MR) is 137 cm³/mol. The monoisotopic (exact) mass is 476 g/mol. The minimum Gasteiger partial charge on any atom is -0.494 e. The molecule has 178 valence electrons. The number of aromatic nitrogens is 1. The van der Waals surface area contributed by atoms with Crippen molar-refractivity contribution in [3.8, 4) is 5.75 Å². The van der Waals surface area contributed by atoms with Gasteiger partial charge in [-0.15, -0.1) is 11.3 Å². The zero-order valence-corrected chi connectivity index (χ0v) is 20.5. The van der Waals surface area contributed by atoms with Crippen molar-refractivity contribution in [2.24, 2.45) is 5.92 Å². The van der Waals surface area contributed by atoms with Crippen LogP contribution in [0.4, 0.5) is 0 Å². The number of nitrogens with one attached hydrogen (secondary N) is 1. The lowest BCUT2D eigenvalue weighted by Gasteiger charge is -2.38. The normalized spacial score (nSPS) is 21.9. The number of hydrogen-bond acceptors (Lipinski definition) is 5. The smallest absolute Gasteiger partial charge is 0.224 e. The Hall–Kier alpha value is -2.70. The summed E-state index contributed by atoms with van der Waals surface area (Å²) in [5.41, 5.74) is 2.15. The van der Waals surface area contributed by atoms with Gasteiger partial charge in [-0.2, -0.15) is 0 Å². The molecule has 1 aliphatic carbocycles. The zero-order valence-electron chi connectivity index (χ0n) is 19.7. The number of fused-ring (bicyclic) bond motifs is 1. The fraction of sp³-hybridized carbons (Fsp3) is 0.429. The first-order chi connectivity index (χ1) is 16.7. The summed E-state index contributed by atoms with van der Waals surface area (Å²) >= 11 is 1.72. The van der Waals surface area contributed by atoms with E-state index in [0.717, 1.165) is 42.0 Å². The molecule has 1 aromatic heterocycles. The van der Waals surface area contributed by atoms with Gasteiger partial charge < -0.3 is 14.8 Å². The Bertz CT molecular complexity index is 1110. The highest BCUT2D eigenvalue weighted by molar-refractivity contribution is 7.18. The summed E-state index contributed by atoms with van der Waals surface area (Å²) in [6, 6.07) is 16.6. The van der Waals surface area contributed by atoms with Crippen LogP contribution in [0.5, 0.6) is 5.75 Å². The number of rotatable bonds is 7. The average molecular weight is 477 g/mol. The summed E-state index contributed by atoms with van der Waals surface area (Å²) in [4.78, 5) is 18.4. The van der Waals surface area contributed by atoms with Crippen molar-refractivity contribution >= 4 is 27.5 Å². The van der Waals surface area contributed by atoms with Crippen LogP contribution in [0.1, 0.15) is 49.1 Å². The summed E-state index contributed by atoms with van der Waals surface area (Å²) in [7, 11) is 0. The molecule has 1 amide bonds. The maximum Gasteiger partial charge on any atom is 0.224 e. The van der Waals surface area contributed by atoms with Crippen LogP contribution in [0.25, 0.3) is 10.2 Å². The Morgan fingerprint density at radius 3 is 2.65 bits per heavy atom. The Labute approximate surface area is 205 Å². The van der Waals surface area contributed by atoms with Gasteiger partial charge in [0.25, 0.3) is 0 Å². The van der Waals surface area contributed by atoms with E-state index in [0.29, 0.717) is 26.4 Å². The molecule has 5 nitrogen and oxygen atoms in total. The van der Waals surface area contributed by atoms with Crippen LogP contribution in [0.3, 0.4) is 0 Å². The zero-order chi connectivity index (χ0) is 23.4. The molecule has 2 aliphatic rings. The van der Waals surface area contributed by atoms with Crippen molar-refractivity contribution in [2.45, 2.75) is 43.9 Å². The third kappa shape index (κ3) is 4.75. The second kappa shape index (κ2) is 10.3. The molecule has 34 heavy (non-hydrogen) atoms. The van der Waals surface area contributed by atoms with Crippen LogP contribution in [0.15, 0.2) is 60.7 Å². The van der Waals surface area contributed by atoms with Gasteiger partial charge in [0, 0.05) is 31.1 Å². The molecule has 1 fully saturated rings. The van der Waals surface area contributed by atoms with E-state index in [1.165, 1.54) is 10.3 Å². The van der Waals surface area contributed by atoms with Crippen molar-refractivity contribution in [3.63, 3.8) is 0 Å². The molecule has 2 unspecified atom stereocenters. The van der Waals surface area contributed by atoms with E-state index in [1.54, 1.807) is 11.3 Å². The molecule has 6 heteroatoms. The minimum absolute atomic E-state index is 0.0946. The largest absolute Gasteiger partial charge is 0.494 e. The number of amides is 1. The number of carbonyl (C=O) groups is 1. The molecule has 1 aliphatic heterocycles. The number of carbonyl (C=O) groups excluding carboxylic acids is 1. The molecule has 1 saturated heterocycles. The number of allylic oxidation sites excluding steroid dienone is 2. The quantitative estimate of drug-likeness (QED) is 0.450. The second-order valence-corrected chi connectivity index (χ2v) is 10.3. The number of thiazole rings is 1. The molecule has 0 bridgehead atoms.